The summed E-state index contributed by atoms with van der Waals surface area (Å²) in [6, 6.07) is 11.6. The van der Waals surface area contributed by atoms with Crippen molar-refractivity contribution in [2.45, 2.75) is 38.1 Å². The number of aliphatic hydroxyl groups is 1. The fourth-order valence-electron chi connectivity index (χ4n) is 4.90. The summed E-state index contributed by atoms with van der Waals surface area (Å²) in [4.78, 5) is 50.4. The number of carbonyl (C=O) groups excluding carboxylic acids is 3. The number of hydrogen-bond acceptors (Lipinski definition) is 9. The van der Waals surface area contributed by atoms with Crippen molar-refractivity contribution in [2.24, 2.45) is 0 Å². The number of hydrogen-bond donors (Lipinski definition) is 1. The molecule has 234 valence electrons. The molecule has 6 rings (SSSR count). The van der Waals surface area contributed by atoms with Crippen molar-refractivity contribution in [2.75, 3.05) is 47.9 Å². The number of rotatable bonds is 3. The minimum absolute atomic E-state index is 0. The number of ether oxygens (including phenoxy) is 1. The molecule has 3 aliphatic heterocycles. The number of carbonyl (C=O) groups is 3. The molecule has 0 aliphatic carbocycles. The van der Waals surface area contributed by atoms with Gasteiger partial charge in [0.2, 0.25) is 5.91 Å². The van der Waals surface area contributed by atoms with E-state index in [1.54, 1.807) is 59.7 Å². The van der Waals surface area contributed by atoms with Crippen LogP contribution in [0.5, 0.6) is 0 Å². The van der Waals surface area contributed by atoms with E-state index in [0.29, 0.717) is 41.6 Å². The van der Waals surface area contributed by atoms with Crippen molar-refractivity contribution in [3.05, 3.63) is 95.8 Å². The average Bonchev–Trinajstić information content (AvgIpc) is 3.77. The predicted molar refractivity (Wildman–Crippen MR) is 167 cm³/mol. The van der Waals surface area contributed by atoms with Crippen LogP contribution in [0.3, 0.4) is 0 Å². The average molecular weight is 642 g/mol. The molecule has 1 unspecified atom stereocenters. The standard InChI is InChI=1S/C11H12N2O2.C10H14N2.C7H7NO2.C5H9NO.K/c1-13-6-4-9(11(13)15)10(14)8-3-2-5-12-7-8;1-12-7-3-5-10(12)9-4-2-6-11-8-9;1-10-7(9)6-3-2-4-8-5-6;1-6-4-2-3-5(6)7;/h2-3,5,7,14H,4,6H2,1H3;2,4,6,8,10H,3,5,7H2,1H3;2-5H,1H3;2-4H2,1H3;/q;;;;+1. The number of likely N-dealkylation sites (N-methyl/N-ethyl adjacent to an activating group) is 1. The molecule has 3 saturated heterocycles. The summed E-state index contributed by atoms with van der Waals surface area (Å²) < 4.78 is 4.46. The maximum absolute atomic E-state index is 11.6. The normalized spacial score (nSPS) is 18.4. The zero-order valence-corrected chi connectivity index (χ0v) is 30.0. The number of esters is 1. The first-order valence-corrected chi connectivity index (χ1v) is 14.6. The van der Waals surface area contributed by atoms with Gasteiger partial charge in [0.25, 0.3) is 5.91 Å². The molecule has 1 atom stereocenters. The fourth-order valence-corrected chi connectivity index (χ4v) is 4.90. The first kappa shape index (κ1) is 38.2. The molecule has 0 saturated carbocycles. The molecule has 0 radical (unpaired) electrons. The molecule has 3 aliphatic rings. The Morgan fingerprint density at radius 3 is 1.84 bits per heavy atom. The summed E-state index contributed by atoms with van der Waals surface area (Å²) in [6.45, 7) is 2.84. The number of methoxy groups -OCH3 is 1. The van der Waals surface area contributed by atoms with Gasteiger partial charge in [-0.15, -0.1) is 0 Å². The third-order valence-corrected chi connectivity index (χ3v) is 7.51. The van der Waals surface area contributed by atoms with E-state index < -0.39 is 0 Å². The zero-order valence-electron chi connectivity index (χ0n) is 26.9. The summed E-state index contributed by atoms with van der Waals surface area (Å²) in [5.74, 6) is -0.109. The Morgan fingerprint density at radius 1 is 0.822 bits per heavy atom. The van der Waals surface area contributed by atoms with E-state index in [9.17, 15) is 19.5 Å². The largest absolute Gasteiger partial charge is 1.00 e. The van der Waals surface area contributed by atoms with E-state index in [0.717, 1.165) is 19.4 Å². The molecule has 12 heteroatoms. The SMILES string of the molecule is CN1CCC(=C(O)c2cccnc2)C1=O.CN1CCCC1=O.CN1CCCC1c1cccnc1.COC(=O)c1cccnc1.[K+]. The number of likely N-dealkylation sites (tertiary alicyclic amines) is 3. The number of nitrogens with zero attached hydrogens (tertiary/aromatic N) is 6. The molecule has 3 aromatic heterocycles. The van der Waals surface area contributed by atoms with Gasteiger partial charge in [0.15, 0.2) is 0 Å². The fraction of sp³-hybridized carbons (Fsp3) is 0.394. The molecule has 0 aromatic carbocycles. The topological polar surface area (TPSA) is 129 Å². The Balaban J connectivity index is 0.000000214. The Labute approximate surface area is 308 Å². The molecule has 3 fully saturated rings. The molecule has 6 heterocycles. The first-order chi connectivity index (χ1) is 21.2. The molecule has 0 spiro atoms. The maximum atomic E-state index is 11.6. The van der Waals surface area contributed by atoms with Gasteiger partial charge < -0.3 is 19.6 Å². The van der Waals surface area contributed by atoms with Gasteiger partial charge in [-0.05, 0) is 75.2 Å². The molecular weight excluding hydrogens is 599 g/mol. The van der Waals surface area contributed by atoms with Crippen molar-refractivity contribution in [3.8, 4) is 0 Å². The zero-order chi connectivity index (χ0) is 31.9. The Kier molecular flexibility index (Phi) is 17.1. The van der Waals surface area contributed by atoms with Gasteiger partial charge in [-0.2, -0.15) is 0 Å². The van der Waals surface area contributed by atoms with E-state index in [4.69, 9.17) is 0 Å². The molecule has 0 bridgehead atoms. The number of pyridine rings is 3. The summed E-state index contributed by atoms with van der Waals surface area (Å²) >= 11 is 0. The van der Waals surface area contributed by atoms with E-state index in [1.807, 2.05) is 25.5 Å². The Hall–Kier alpha value is -3.00. The van der Waals surface area contributed by atoms with Gasteiger partial charge in [0, 0.05) is 82.4 Å². The van der Waals surface area contributed by atoms with Crippen LogP contribution in [0.15, 0.2) is 79.2 Å². The maximum Gasteiger partial charge on any atom is 1.00 e. The Bertz CT molecular complexity index is 1380. The number of aliphatic hydroxyl groups excluding tert-OH is 1. The summed E-state index contributed by atoms with van der Waals surface area (Å²) in [7, 11) is 7.10. The minimum atomic E-state index is -0.354. The van der Waals surface area contributed by atoms with Crippen LogP contribution in [0.25, 0.3) is 5.76 Å². The molecule has 11 nitrogen and oxygen atoms in total. The van der Waals surface area contributed by atoms with Crippen LogP contribution in [0, 0.1) is 0 Å². The van der Waals surface area contributed by atoms with E-state index in [2.05, 4.69) is 37.7 Å². The van der Waals surface area contributed by atoms with Crippen LogP contribution < -0.4 is 51.4 Å². The van der Waals surface area contributed by atoms with Crippen molar-refractivity contribution >= 4 is 23.5 Å². The molecule has 3 aromatic rings. The monoisotopic (exact) mass is 641 g/mol. The van der Waals surface area contributed by atoms with E-state index in [1.165, 1.54) is 38.3 Å². The van der Waals surface area contributed by atoms with Gasteiger partial charge in [-0.1, -0.05) is 6.07 Å². The number of aromatic nitrogens is 3. The summed E-state index contributed by atoms with van der Waals surface area (Å²) in [6.07, 6.45) is 15.1. The van der Waals surface area contributed by atoms with Crippen LogP contribution in [0.4, 0.5) is 0 Å². The van der Waals surface area contributed by atoms with Gasteiger partial charge in [0.05, 0.1) is 18.2 Å². The summed E-state index contributed by atoms with van der Waals surface area (Å²) in [5, 5.41) is 9.90. The number of amides is 2. The van der Waals surface area contributed by atoms with Crippen molar-refractivity contribution in [3.63, 3.8) is 0 Å². The van der Waals surface area contributed by atoms with E-state index in [-0.39, 0.29) is 69.0 Å². The van der Waals surface area contributed by atoms with E-state index >= 15 is 0 Å². The first-order valence-electron chi connectivity index (χ1n) is 14.6. The second-order valence-corrected chi connectivity index (χ2v) is 10.6. The van der Waals surface area contributed by atoms with Crippen molar-refractivity contribution in [1.29, 1.82) is 0 Å². The Morgan fingerprint density at radius 2 is 1.44 bits per heavy atom. The third kappa shape index (κ3) is 12.0. The summed E-state index contributed by atoms with van der Waals surface area (Å²) in [5.41, 5.74) is 2.91. The molecule has 45 heavy (non-hydrogen) atoms. The van der Waals surface area contributed by atoms with Gasteiger partial charge in [0.1, 0.15) is 5.76 Å². The second-order valence-electron chi connectivity index (χ2n) is 10.6. The van der Waals surface area contributed by atoms with Crippen LogP contribution in [0.2, 0.25) is 0 Å². The third-order valence-electron chi connectivity index (χ3n) is 7.51. The van der Waals surface area contributed by atoms with Gasteiger partial charge in [-0.3, -0.25) is 29.4 Å². The van der Waals surface area contributed by atoms with Gasteiger partial charge in [-0.25, -0.2) is 4.79 Å². The van der Waals surface area contributed by atoms with Gasteiger partial charge >= 0.3 is 57.4 Å². The van der Waals surface area contributed by atoms with Crippen LogP contribution >= 0.6 is 0 Å². The van der Waals surface area contributed by atoms with Crippen molar-refractivity contribution < 1.29 is 75.6 Å². The van der Waals surface area contributed by atoms with Crippen LogP contribution in [-0.2, 0) is 14.3 Å². The smallest absolute Gasteiger partial charge is 0.507 e. The minimum Gasteiger partial charge on any atom is -0.507 e. The molecular formula is C33H42KN6O5+. The van der Waals surface area contributed by atoms with Crippen LogP contribution in [0.1, 0.15) is 59.6 Å². The molecule has 2 amide bonds. The predicted octanol–water partition coefficient (Wildman–Crippen LogP) is 1.17. The van der Waals surface area contributed by atoms with Crippen LogP contribution in [-0.4, -0.2) is 100 Å². The quantitative estimate of drug-likeness (QED) is 0.194. The second kappa shape index (κ2) is 20.2. The van der Waals surface area contributed by atoms with Crippen molar-refractivity contribution in [1.82, 2.24) is 29.7 Å². The molecule has 1 N–H and O–H groups in total.